The van der Waals surface area contributed by atoms with E-state index in [1.165, 1.54) is 0 Å². The highest BCUT2D eigenvalue weighted by molar-refractivity contribution is 6.05. The van der Waals surface area contributed by atoms with E-state index in [1.807, 2.05) is 54.7 Å². The zero-order chi connectivity index (χ0) is 15.2. The van der Waals surface area contributed by atoms with E-state index >= 15 is 0 Å². The van der Waals surface area contributed by atoms with Gasteiger partial charge in [0.15, 0.2) is 0 Å². The third-order valence-corrected chi connectivity index (χ3v) is 4.12. The van der Waals surface area contributed by atoms with E-state index in [4.69, 9.17) is 9.40 Å². The summed E-state index contributed by atoms with van der Waals surface area (Å²) in [5.41, 5.74) is 5.44. The molecule has 2 heterocycles. The van der Waals surface area contributed by atoms with Crippen molar-refractivity contribution >= 4 is 33.0 Å². The summed E-state index contributed by atoms with van der Waals surface area (Å²) >= 11 is 0. The number of rotatable bonds is 1. The van der Waals surface area contributed by atoms with Crippen LogP contribution in [0.5, 0.6) is 0 Å². The topological polar surface area (TPSA) is 38.9 Å². The van der Waals surface area contributed by atoms with E-state index in [0.29, 0.717) is 0 Å². The Morgan fingerprint density at radius 1 is 0.696 bits per heavy atom. The summed E-state index contributed by atoms with van der Waals surface area (Å²) in [7, 11) is 0. The molecule has 0 aliphatic rings. The van der Waals surface area contributed by atoms with Crippen LogP contribution in [0.4, 0.5) is 0 Å². The zero-order valence-electron chi connectivity index (χ0n) is 12.2. The minimum atomic E-state index is 0.853. The Labute approximate surface area is 132 Å². The van der Waals surface area contributed by atoms with E-state index in [2.05, 4.69) is 23.2 Å². The predicted octanol–water partition coefficient (Wildman–Crippen LogP) is 5.20. The molecule has 2 aromatic heterocycles. The number of furan rings is 1. The van der Waals surface area contributed by atoms with E-state index in [9.17, 15) is 0 Å². The summed E-state index contributed by atoms with van der Waals surface area (Å²) in [5, 5.41) is 2.26. The van der Waals surface area contributed by atoms with Crippen molar-refractivity contribution in [3.05, 3.63) is 72.9 Å². The highest BCUT2D eigenvalue weighted by Crippen LogP contribution is 2.31. The molecule has 3 nitrogen and oxygen atoms in total. The van der Waals surface area contributed by atoms with Crippen LogP contribution in [0.2, 0.25) is 0 Å². The molecule has 108 valence electrons. The number of benzene rings is 3. The molecule has 0 atom stereocenters. The van der Waals surface area contributed by atoms with Gasteiger partial charge in [-0.2, -0.15) is 0 Å². The van der Waals surface area contributed by atoms with Crippen molar-refractivity contribution in [3.8, 4) is 11.3 Å². The molecule has 0 radical (unpaired) electrons. The Morgan fingerprint density at radius 3 is 2.43 bits per heavy atom. The van der Waals surface area contributed by atoms with Gasteiger partial charge in [-0.3, -0.25) is 4.98 Å². The molecule has 0 aliphatic heterocycles. The fraction of sp³-hybridized carbons (Fsp3) is 0. The summed E-state index contributed by atoms with van der Waals surface area (Å²) in [5.74, 6) is 0. The fourth-order valence-corrected chi connectivity index (χ4v) is 2.98. The van der Waals surface area contributed by atoms with Gasteiger partial charge in [0, 0.05) is 16.3 Å². The van der Waals surface area contributed by atoms with Crippen molar-refractivity contribution in [1.29, 1.82) is 0 Å². The number of aromatic nitrogens is 2. The van der Waals surface area contributed by atoms with Gasteiger partial charge in [-0.1, -0.05) is 36.4 Å². The van der Waals surface area contributed by atoms with Gasteiger partial charge in [0.25, 0.3) is 0 Å². The SMILES string of the molecule is c1ccc2nc(-c3ccc4c(c3)oc3ccccc34)cnc2c1. The maximum atomic E-state index is 5.95. The summed E-state index contributed by atoms with van der Waals surface area (Å²) in [6, 6.07) is 22.2. The van der Waals surface area contributed by atoms with Gasteiger partial charge in [-0.05, 0) is 30.3 Å². The Balaban J connectivity index is 1.73. The van der Waals surface area contributed by atoms with Crippen molar-refractivity contribution in [2.24, 2.45) is 0 Å². The molecule has 0 saturated carbocycles. The van der Waals surface area contributed by atoms with E-state index in [1.54, 1.807) is 0 Å². The molecule has 5 aromatic rings. The van der Waals surface area contributed by atoms with Gasteiger partial charge < -0.3 is 4.42 Å². The lowest BCUT2D eigenvalue weighted by atomic mass is 10.1. The van der Waals surface area contributed by atoms with Crippen LogP contribution in [-0.2, 0) is 0 Å². The Morgan fingerprint density at radius 2 is 1.48 bits per heavy atom. The molecule has 3 heteroatoms. The van der Waals surface area contributed by atoms with Gasteiger partial charge in [-0.15, -0.1) is 0 Å². The van der Waals surface area contributed by atoms with E-state index < -0.39 is 0 Å². The van der Waals surface area contributed by atoms with E-state index in [-0.39, 0.29) is 0 Å². The van der Waals surface area contributed by atoms with Gasteiger partial charge in [0.2, 0.25) is 0 Å². The smallest absolute Gasteiger partial charge is 0.136 e. The van der Waals surface area contributed by atoms with E-state index in [0.717, 1.165) is 44.2 Å². The van der Waals surface area contributed by atoms with Crippen molar-refractivity contribution in [1.82, 2.24) is 9.97 Å². The summed E-state index contributed by atoms with van der Waals surface area (Å²) in [6.07, 6.45) is 1.81. The molecule has 3 aromatic carbocycles. The number of para-hydroxylation sites is 3. The van der Waals surface area contributed by atoms with Crippen LogP contribution in [0.25, 0.3) is 44.2 Å². The average Bonchev–Trinajstić information content (AvgIpc) is 2.99. The molecule has 0 aliphatic carbocycles. The zero-order valence-corrected chi connectivity index (χ0v) is 12.2. The lowest BCUT2D eigenvalue weighted by Gasteiger charge is -2.02. The Hall–Kier alpha value is -3.20. The Kier molecular flexibility index (Phi) is 2.50. The number of hydrogen-bond acceptors (Lipinski definition) is 3. The standard InChI is InChI=1S/C20H12N2O/c1-4-8-19-14(5-1)15-10-9-13(11-20(15)23-19)18-12-21-16-6-2-3-7-17(16)22-18/h1-12H. The van der Waals surface area contributed by atoms with Crippen molar-refractivity contribution in [2.75, 3.05) is 0 Å². The second kappa shape index (κ2) is 4.65. The molecule has 5 rings (SSSR count). The summed E-state index contributed by atoms with van der Waals surface area (Å²) in [4.78, 5) is 9.19. The first-order valence-electron chi connectivity index (χ1n) is 7.52. The molecule has 0 amide bonds. The summed E-state index contributed by atoms with van der Waals surface area (Å²) in [6.45, 7) is 0. The van der Waals surface area contributed by atoms with Gasteiger partial charge in [0.05, 0.1) is 22.9 Å². The highest BCUT2D eigenvalue weighted by atomic mass is 16.3. The fourth-order valence-electron chi connectivity index (χ4n) is 2.98. The molecular weight excluding hydrogens is 284 g/mol. The third-order valence-electron chi connectivity index (χ3n) is 4.12. The van der Waals surface area contributed by atoms with Crippen LogP contribution in [0.15, 0.2) is 77.3 Å². The molecular formula is C20H12N2O. The molecule has 0 saturated heterocycles. The normalized spacial score (nSPS) is 11.5. The number of nitrogens with zero attached hydrogens (tertiary/aromatic N) is 2. The lowest BCUT2D eigenvalue weighted by Crippen LogP contribution is -1.88. The first-order chi connectivity index (χ1) is 11.4. The highest BCUT2D eigenvalue weighted by Gasteiger charge is 2.09. The van der Waals surface area contributed by atoms with Crippen LogP contribution >= 0.6 is 0 Å². The minimum absolute atomic E-state index is 0.853. The molecule has 0 fully saturated rings. The van der Waals surface area contributed by atoms with Crippen LogP contribution < -0.4 is 0 Å². The first kappa shape index (κ1) is 12.4. The molecule has 0 bridgehead atoms. The maximum Gasteiger partial charge on any atom is 0.136 e. The lowest BCUT2D eigenvalue weighted by molar-refractivity contribution is 0.669. The Bertz CT molecular complexity index is 1170. The van der Waals surface area contributed by atoms with Crippen LogP contribution in [0, 0.1) is 0 Å². The van der Waals surface area contributed by atoms with Crippen LogP contribution in [-0.4, -0.2) is 9.97 Å². The van der Waals surface area contributed by atoms with Crippen molar-refractivity contribution in [2.45, 2.75) is 0 Å². The molecule has 0 N–H and O–H groups in total. The third kappa shape index (κ3) is 1.90. The van der Waals surface area contributed by atoms with Crippen molar-refractivity contribution < 1.29 is 4.42 Å². The van der Waals surface area contributed by atoms with Crippen molar-refractivity contribution in [3.63, 3.8) is 0 Å². The first-order valence-corrected chi connectivity index (χ1v) is 7.52. The molecule has 23 heavy (non-hydrogen) atoms. The largest absolute Gasteiger partial charge is 0.456 e. The predicted molar refractivity (Wildman–Crippen MR) is 92.3 cm³/mol. The average molecular weight is 296 g/mol. The maximum absolute atomic E-state index is 5.95. The quantitative estimate of drug-likeness (QED) is 0.427. The molecule has 0 unspecified atom stereocenters. The number of fused-ring (bicyclic) bond motifs is 4. The molecule has 0 spiro atoms. The van der Waals surface area contributed by atoms with Gasteiger partial charge >= 0.3 is 0 Å². The second-order valence-electron chi connectivity index (χ2n) is 5.55. The van der Waals surface area contributed by atoms with Crippen LogP contribution in [0.1, 0.15) is 0 Å². The number of hydrogen-bond donors (Lipinski definition) is 0. The van der Waals surface area contributed by atoms with Gasteiger partial charge in [0.1, 0.15) is 11.2 Å². The monoisotopic (exact) mass is 296 g/mol. The summed E-state index contributed by atoms with van der Waals surface area (Å²) < 4.78 is 5.95. The minimum Gasteiger partial charge on any atom is -0.456 e. The van der Waals surface area contributed by atoms with Crippen LogP contribution in [0.3, 0.4) is 0 Å². The van der Waals surface area contributed by atoms with Gasteiger partial charge in [-0.25, -0.2) is 4.98 Å². The second-order valence-corrected chi connectivity index (χ2v) is 5.55.